The quantitative estimate of drug-likeness (QED) is 0.162. The molecule has 1 heterocycles. The molecule has 0 fully saturated rings. The second-order valence-electron chi connectivity index (χ2n) is 6.35. The highest BCUT2D eigenvalue weighted by molar-refractivity contribution is 7.99. The Hall–Kier alpha value is -3.53. The zero-order chi connectivity index (χ0) is 22.2. The maximum Gasteiger partial charge on any atom is 0.264 e. The van der Waals surface area contributed by atoms with Crippen LogP contribution in [-0.2, 0) is 0 Å². The predicted molar refractivity (Wildman–Crippen MR) is 122 cm³/mol. The number of nitrogens with zero attached hydrogens (tertiary/aromatic N) is 4. The Kier molecular flexibility index (Phi) is 7.50. The van der Waals surface area contributed by atoms with E-state index in [1.54, 1.807) is 25.3 Å². The zero-order valence-corrected chi connectivity index (χ0v) is 18.3. The first-order valence-corrected chi connectivity index (χ1v) is 10.5. The second kappa shape index (κ2) is 10.5. The summed E-state index contributed by atoms with van der Waals surface area (Å²) in [5, 5.41) is 12.8. The second-order valence-corrected chi connectivity index (χ2v) is 7.29. The summed E-state index contributed by atoms with van der Waals surface area (Å²) < 4.78 is 11.7. The molecule has 0 unspecified atom stereocenters. The molecule has 2 aromatic carbocycles. The van der Waals surface area contributed by atoms with Gasteiger partial charge in [0.05, 0.1) is 25.7 Å². The third-order valence-corrected chi connectivity index (χ3v) is 5.38. The van der Waals surface area contributed by atoms with Crippen molar-refractivity contribution in [2.75, 3.05) is 31.2 Å². The van der Waals surface area contributed by atoms with Crippen LogP contribution in [0.15, 0.2) is 58.8 Å². The number of hydrogen-bond donors (Lipinski definition) is 2. The van der Waals surface area contributed by atoms with Crippen LogP contribution in [0.25, 0.3) is 0 Å². The van der Waals surface area contributed by atoms with E-state index in [4.69, 9.17) is 15.3 Å². The summed E-state index contributed by atoms with van der Waals surface area (Å²) in [5.74, 6) is 7.45. The molecule has 0 aliphatic rings. The molecule has 1 aromatic heterocycles. The number of carbonyl (C=O) groups excluding carboxylic acids is 1. The minimum Gasteiger partial charge on any atom is -0.493 e. The van der Waals surface area contributed by atoms with Gasteiger partial charge in [-0.15, -0.1) is 10.2 Å². The van der Waals surface area contributed by atoms with E-state index < -0.39 is 0 Å². The van der Waals surface area contributed by atoms with Gasteiger partial charge < -0.3 is 15.3 Å². The van der Waals surface area contributed by atoms with E-state index in [1.165, 1.54) is 23.5 Å². The van der Waals surface area contributed by atoms with E-state index in [1.807, 2.05) is 37.3 Å². The molecule has 31 heavy (non-hydrogen) atoms. The number of ether oxygens (including phenoxy) is 2. The number of nitrogens with one attached hydrogen (secondary N) is 1. The summed E-state index contributed by atoms with van der Waals surface area (Å²) >= 11 is 1.18. The summed E-state index contributed by atoms with van der Waals surface area (Å²) in [6.45, 7) is 2.02. The highest BCUT2D eigenvalue weighted by Crippen LogP contribution is 2.28. The standard InChI is InChI=1S/C21H24N6O3S/c1-4-16(14-8-6-5-7-9-14)23-24-20-25-26-21(27(20)22)31-13-17(28)15-10-11-18(29-2)19(12-15)30-3/h5-12H,4,13,22H2,1-3H3,(H,24,25)/b23-16-. The van der Waals surface area contributed by atoms with Crippen molar-refractivity contribution in [2.45, 2.75) is 18.5 Å². The summed E-state index contributed by atoms with van der Waals surface area (Å²) in [7, 11) is 3.07. The number of thioether (sulfide) groups is 1. The Morgan fingerprint density at radius 3 is 2.52 bits per heavy atom. The number of hydrogen-bond acceptors (Lipinski definition) is 9. The Labute approximate surface area is 184 Å². The molecule has 0 atom stereocenters. The molecule has 0 bridgehead atoms. The fraction of sp³-hybridized carbons (Fsp3) is 0.238. The van der Waals surface area contributed by atoms with E-state index in [9.17, 15) is 4.79 Å². The van der Waals surface area contributed by atoms with Gasteiger partial charge in [0.1, 0.15) is 0 Å². The minimum atomic E-state index is -0.0983. The lowest BCUT2D eigenvalue weighted by Crippen LogP contribution is -2.15. The Bertz CT molecular complexity index is 1070. The van der Waals surface area contributed by atoms with Crippen molar-refractivity contribution in [1.82, 2.24) is 14.9 Å². The number of methoxy groups -OCH3 is 2. The number of benzene rings is 2. The highest BCUT2D eigenvalue weighted by Gasteiger charge is 2.15. The van der Waals surface area contributed by atoms with Crippen molar-refractivity contribution in [3.63, 3.8) is 0 Å². The molecule has 9 nitrogen and oxygen atoms in total. The first-order chi connectivity index (χ1) is 15.1. The van der Waals surface area contributed by atoms with Crippen molar-refractivity contribution in [3.8, 4) is 11.5 Å². The Balaban J connectivity index is 1.65. The van der Waals surface area contributed by atoms with Crippen LogP contribution >= 0.6 is 11.8 Å². The first-order valence-electron chi connectivity index (χ1n) is 9.53. The highest BCUT2D eigenvalue weighted by atomic mass is 32.2. The molecule has 0 saturated carbocycles. The van der Waals surface area contributed by atoms with Gasteiger partial charge in [-0.05, 0) is 30.2 Å². The lowest BCUT2D eigenvalue weighted by molar-refractivity contribution is 0.102. The van der Waals surface area contributed by atoms with Gasteiger partial charge in [0, 0.05) is 5.56 Å². The van der Waals surface area contributed by atoms with E-state index in [2.05, 4.69) is 20.7 Å². The van der Waals surface area contributed by atoms with Crippen LogP contribution in [0.1, 0.15) is 29.3 Å². The van der Waals surface area contributed by atoms with Crippen LogP contribution in [0.4, 0.5) is 5.95 Å². The van der Waals surface area contributed by atoms with Crippen molar-refractivity contribution in [2.24, 2.45) is 5.10 Å². The van der Waals surface area contributed by atoms with Crippen molar-refractivity contribution >= 4 is 29.2 Å². The molecule has 0 aliphatic heterocycles. The fourth-order valence-corrected chi connectivity index (χ4v) is 3.52. The molecular formula is C21H24N6O3S. The maximum atomic E-state index is 12.6. The molecule has 3 rings (SSSR count). The van der Waals surface area contributed by atoms with E-state index in [-0.39, 0.29) is 17.5 Å². The summed E-state index contributed by atoms with van der Waals surface area (Å²) in [6, 6.07) is 14.9. The Morgan fingerprint density at radius 1 is 1.10 bits per heavy atom. The smallest absolute Gasteiger partial charge is 0.264 e. The number of nitrogen functional groups attached to an aromatic ring is 1. The molecular weight excluding hydrogens is 416 g/mol. The fourth-order valence-electron chi connectivity index (χ4n) is 2.77. The zero-order valence-electron chi connectivity index (χ0n) is 17.5. The number of ketones is 1. The van der Waals surface area contributed by atoms with Gasteiger partial charge in [0.15, 0.2) is 17.3 Å². The first kappa shape index (κ1) is 22.2. The van der Waals surface area contributed by atoms with Crippen LogP contribution in [-0.4, -0.2) is 46.3 Å². The van der Waals surface area contributed by atoms with Crippen LogP contribution in [0.5, 0.6) is 11.5 Å². The summed E-state index contributed by atoms with van der Waals surface area (Å²) in [5.41, 5.74) is 5.23. The number of rotatable bonds is 10. The largest absolute Gasteiger partial charge is 0.493 e. The molecule has 0 aliphatic carbocycles. The molecule has 0 spiro atoms. The molecule has 162 valence electrons. The minimum absolute atomic E-state index is 0.0983. The molecule has 3 N–H and O–H groups in total. The molecule has 10 heteroatoms. The lowest BCUT2D eigenvalue weighted by Gasteiger charge is -2.09. The molecule has 0 radical (unpaired) electrons. The third-order valence-electron chi connectivity index (χ3n) is 4.44. The van der Waals surface area contributed by atoms with Gasteiger partial charge in [0.25, 0.3) is 5.95 Å². The van der Waals surface area contributed by atoms with Crippen LogP contribution in [0, 0.1) is 0 Å². The van der Waals surface area contributed by atoms with Gasteiger partial charge >= 0.3 is 0 Å². The van der Waals surface area contributed by atoms with Crippen LogP contribution in [0.2, 0.25) is 0 Å². The van der Waals surface area contributed by atoms with E-state index >= 15 is 0 Å². The summed E-state index contributed by atoms with van der Waals surface area (Å²) in [4.78, 5) is 12.6. The third kappa shape index (κ3) is 5.34. The van der Waals surface area contributed by atoms with Gasteiger partial charge in [-0.2, -0.15) is 5.10 Å². The predicted octanol–water partition coefficient (Wildman–Crippen LogP) is 3.21. The average Bonchev–Trinajstić information content (AvgIpc) is 3.17. The van der Waals surface area contributed by atoms with Gasteiger partial charge in [-0.3, -0.25) is 4.79 Å². The normalized spacial score (nSPS) is 11.3. The van der Waals surface area contributed by atoms with Crippen molar-refractivity contribution in [3.05, 3.63) is 59.7 Å². The van der Waals surface area contributed by atoms with E-state index in [0.717, 1.165) is 17.7 Å². The maximum absolute atomic E-state index is 12.6. The molecule has 3 aromatic rings. The lowest BCUT2D eigenvalue weighted by atomic mass is 10.1. The number of anilines is 1. The number of aromatic nitrogens is 3. The van der Waals surface area contributed by atoms with Crippen LogP contribution in [0.3, 0.4) is 0 Å². The number of Topliss-reactive ketones (excluding diaryl/α,β-unsaturated/α-hetero) is 1. The number of nitrogens with two attached hydrogens (primary N) is 1. The van der Waals surface area contributed by atoms with E-state index in [0.29, 0.717) is 22.2 Å². The molecule has 0 amide bonds. The monoisotopic (exact) mass is 440 g/mol. The topological polar surface area (TPSA) is 117 Å². The Morgan fingerprint density at radius 2 is 1.84 bits per heavy atom. The van der Waals surface area contributed by atoms with Gasteiger partial charge in [0.2, 0.25) is 5.16 Å². The molecule has 0 saturated heterocycles. The number of hydrazone groups is 1. The van der Waals surface area contributed by atoms with Gasteiger partial charge in [-0.25, -0.2) is 10.1 Å². The van der Waals surface area contributed by atoms with Crippen LogP contribution < -0.4 is 20.7 Å². The number of carbonyl (C=O) groups is 1. The summed E-state index contributed by atoms with van der Waals surface area (Å²) in [6.07, 6.45) is 0.733. The van der Waals surface area contributed by atoms with Crippen molar-refractivity contribution < 1.29 is 14.3 Å². The van der Waals surface area contributed by atoms with Gasteiger partial charge in [-0.1, -0.05) is 49.0 Å². The SMILES string of the molecule is CC/C(=N/Nc1nnc(SCC(=O)c2ccc(OC)c(OC)c2)n1N)c1ccccc1. The van der Waals surface area contributed by atoms with Crippen molar-refractivity contribution in [1.29, 1.82) is 0 Å². The average molecular weight is 441 g/mol.